The summed E-state index contributed by atoms with van der Waals surface area (Å²) in [4.78, 5) is 29.5. The molecule has 0 saturated carbocycles. The molecule has 6 heteroatoms. The summed E-state index contributed by atoms with van der Waals surface area (Å²) in [5.74, 6) is 1.36. The number of ketones is 1. The number of anilines is 1. The van der Waals surface area contributed by atoms with E-state index in [1.165, 1.54) is 0 Å². The van der Waals surface area contributed by atoms with Crippen LogP contribution in [0.3, 0.4) is 0 Å². The Hall–Kier alpha value is -3.02. The Bertz CT molecular complexity index is 928. The predicted octanol–water partition coefficient (Wildman–Crippen LogP) is 3.40. The van der Waals surface area contributed by atoms with E-state index in [-0.39, 0.29) is 11.7 Å². The molecule has 152 valence electrons. The van der Waals surface area contributed by atoms with Crippen molar-refractivity contribution in [2.45, 2.75) is 24.9 Å². The number of hydrogen-bond acceptors (Lipinski definition) is 5. The normalized spacial score (nSPS) is 17.5. The number of nitrogens with zero attached hydrogens (tertiary/aromatic N) is 2. The molecule has 2 aliphatic rings. The maximum absolute atomic E-state index is 12.9. The van der Waals surface area contributed by atoms with Crippen LogP contribution in [0.4, 0.5) is 5.69 Å². The third-order valence-corrected chi connectivity index (χ3v) is 5.89. The first kappa shape index (κ1) is 19.3. The van der Waals surface area contributed by atoms with Crippen molar-refractivity contribution in [3.63, 3.8) is 0 Å². The number of carbonyl (C=O) groups is 2. The van der Waals surface area contributed by atoms with Gasteiger partial charge in [-0.15, -0.1) is 0 Å². The Morgan fingerprint density at radius 2 is 1.79 bits per heavy atom. The zero-order valence-electron chi connectivity index (χ0n) is 17.1. The van der Waals surface area contributed by atoms with Crippen molar-refractivity contribution in [3.05, 3.63) is 53.6 Å². The summed E-state index contributed by atoms with van der Waals surface area (Å²) in [5.41, 5.74) is 1.80. The van der Waals surface area contributed by atoms with Gasteiger partial charge in [0.05, 0.1) is 19.1 Å². The highest BCUT2D eigenvalue weighted by Crippen LogP contribution is 2.40. The molecule has 6 nitrogen and oxygen atoms in total. The van der Waals surface area contributed by atoms with Gasteiger partial charge in [0.1, 0.15) is 17.1 Å². The van der Waals surface area contributed by atoms with Gasteiger partial charge in [0.15, 0.2) is 5.78 Å². The number of rotatable bonds is 3. The molecule has 1 saturated heterocycles. The quantitative estimate of drug-likeness (QED) is 0.799. The summed E-state index contributed by atoms with van der Waals surface area (Å²) in [5, 5.41) is 0. The smallest absolute Gasteiger partial charge is 0.253 e. The molecule has 1 amide bonds. The van der Waals surface area contributed by atoms with Crippen molar-refractivity contribution < 1.29 is 19.1 Å². The van der Waals surface area contributed by atoms with Crippen LogP contribution in [0.5, 0.6) is 11.5 Å². The standard InChI is InChI=1S/C23H26N2O4/c1-24(2)17-6-4-16(5-7-17)22(27)25-12-10-23(11-13-25)15-20(26)19-14-18(28-3)8-9-21(19)29-23/h4-9,14H,10-13,15H2,1-3H3. The van der Waals surface area contributed by atoms with Crippen LogP contribution in [0, 0.1) is 0 Å². The molecule has 0 aliphatic carbocycles. The molecule has 0 unspecified atom stereocenters. The second-order valence-corrected chi connectivity index (χ2v) is 7.98. The first-order valence-electron chi connectivity index (χ1n) is 9.88. The van der Waals surface area contributed by atoms with Crippen LogP contribution < -0.4 is 14.4 Å². The number of likely N-dealkylation sites (tertiary alicyclic amines) is 1. The van der Waals surface area contributed by atoms with Crippen LogP contribution in [-0.2, 0) is 0 Å². The van der Waals surface area contributed by atoms with Gasteiger partial charge in [-0.25, -0.2) is 0 Å². The highest BCUT2D eigenvalue weighted by Gasteiger charge is 2.43. The lowest BCUT2D eigenvalue weighted by atomic mass is 9.82. The predicted molar refractivity (Wildman–Crippen MR) is 111 cm³/mol. The fourth-order valence-electron chi connectivity index (χ4n) is 4.08. The summed E-state index contributed by atoms with van der Waals surface area (Å²) in [6.45, 7) is 1.15. The van der Waals surface area contributed by atoms with Gasteiger partial charge in [0.2, 0.25) is 0 Å². The maximum Gasteiger partial charge on any atom is 0.253 e. The van der Waals surface area contributed by atoms with Gasteiger partial charge in [-0.3, -0.25) is 9.59 Å². The van der Waals surface area contributed by atoms with Crippen molar-refractivity contribution in [1.82, 2.24) is 4.90 Å². The van der Waals surface area contributed by atoms with Crippen LogP contribution in [0.2, 0.25) is 0 Å². The maximum atomic E-state index is 12.9. The average Bonchev–Trinajstić information content (AvgIpc) is 2.73. The third kappa shape index (κ3) is 3.67. The van der Waals surface area contributed by atoms with Crippen LogP contribution >= 0.6 is 0 Å². The minimum Gasteiger partial charge on any atom is -0.497 e. The highest BCUT2D eigenvalue weighted by atomic mass is 16.5. The van der Waals surface area contributed by atoms with Crippen LogP contribution in [0.25, 0.3) is 0 Å². The van der Waals surface area contributed by atoms with Gasteiger partial charge in [-0.2, -0.15) is 0 Å². The fraction of sp³-hybridized carbons (Fsp3) is 0.391. The summed E-state index contributed by atoms with van der Waals surface area (Å²) in [6, 6.07) is 13.0. The highest BCUT2D eigenvalue weighted by molar-refractivity contribution is 6.01. The molecule has 1 spiro atoms. The molecule has 0 N–H and O–H groups in total. The molecule has 0 radical (unpaired) electrons. The lowest BCUT2D eigenvalue weighted by Crippen LogP contribution is -2.52. The van der Waals surface area contributed by atoms with Crippen molar-refractivity contribution in [2.24, 2.45) is 0 Å². The lowest BCUT2D eigenvalue weighted by Gasteiger charge is -2.44. The molecule has 2 aromatic rings. The number of Topliss-reactive ketones (excluding diaryl/α,β-unsaturated/α-hetero) is 1. The molecular formula is C23H26N2O4. The summed E-state index contributed by atoms with van der Waals surface area (Å²) < 4.78 is 11.5. The summed E-state index contributed by atoms with van der Waals surface area (Å²) in [7, 11) is 5.53. The molecule has 2 aromatic carbocycles. The second kappa shape index (κ2) is 7.43. The van der Waals surface area contributed by atoms with Gasteiger partial charge < -0.3 is 19.3 Å². The lowest BCUT2D eigenvalue weighted by molar-refractivity contribution is -0.00576. The Balaban J connectivity index is 1.45. The van der Waals surface area contributed by atoms with Crippen molar-refractivity contribution in [3.8, 4) is 11.5 Å². The van der Waals surface area contributed by atoms with Crippen LogP contribution in [0.1, 0.15) is 40.0 Å². The number of fused-ring (bicyclic) bond motifs is 1. The number of piperidine rings is 1. The number of benzene rings is 2. The largest absolute Gasteiger partial charge is 0.497 e. The van der Waals surface area contributed by atoms with Gasteiger partial charge in [0, 0.05) is 51.3 Å². The monoisotopic (exact) mass is 394 g/mol. The Labute approximate surface area is 171 Å². The average molecular weight is 394 g/mol. The van der Waals surface area contributed by atoms with Crippen molar-refractivity contribution in [1.29, 1.82) is 0 Å². The van der Waals surface area contributed by atoms with E-state index in [2.05, 4.69) is 0 Å². The zero-order chi connectivity index (χ0) is 20.6. The van der Waals surface area contributed by atoms with E-state index in [1.54, 1.807) is 25.3 Å². The van der Waals surface area contributed by atoms with Crippen LogP contribution in [-0.4, -0.2) is 56.5 Å². The van der Waals surface area contributed by atoms with E-state index in [9.17, 15) is 9.59 Å². The number of methoxy groups -OCH3 is 1. The van der Waals surface area contributed by atoms with E-state index in [0.29, 0.717) is 55.0 Å². The number of carbonyl (C=O) groups excluding carboxylic acids is 2. The van der Waals surface area contributed by atoms with Gasteiger partial charge in [0.25, 0.3) is 5.91 Å². The first-order chi connectivity index (χ1) is 13.9. The van der Waals surface area contributed by atoms with E-state index < -0.39 is 5.60 Å². The molecule has 0 atom stereocenters. The first-order valence-corrected chi connectivity index (χ1v) is 9.88. The Kier molecular flexibility index (Phi) is 4.94. The molecule has 29 heavy (non-hydrogen) atoms. The van der Waals surface area contributed by atoms with Gasteiger partial charge in [-0.1, -0.05) is 0 Å². The molecule has 4 rings (SSSR count). The number of ether oxygens (including phenoxy) is 2. The SMILES string of the molecule is COc1ccc2c(c1)C(=O)CC1(CCN(C(=O)c3ccc(N(C)C)cc3)CC1)O2. The topological polar surface area (TPSA) is 59.1 Å². The van der Waals surface area contributed by atoms with E-state index in [0.717, 1.165) is 5.69 Å². The Morgan fingerprint density at radius 3 is 2.41 bits per heavy atom. The third-order valence-electron chi connectivity index (χ3n) is 5.89. The fourth-order valence-corrected chi connectivity index (χ4v) is 4.08. The molecule has 0 bridgehead atoms. The molecule has 2 aliphatic heterocycles. The molecule has 1 fully saturated rings. The zero-order valence-corrected chi connectivity index (χ0v) is 17.1. The van der Waals surface area contributed by atoms with E-state index in [1.807, 2.05) is 48.2 Å². The molecular weight excluding hydrogens is 368 g/mol. The van der Waals surface area contributed by atoms with E-state index >= 15 is 0 Å². The van der Waals surface area contributed by atoms with Crippen molar-refractivity contribution in [2.75, 3.05) is 39.2 Å². The van der Waals surface area contributed by atoms with Gasteiger partial charge in [-0.05, 0) is 42.5 Å². The molecule has 0 aromatic heterocycles. The second-order valence-electron chi connectivity index (χ2n) is 7.98. The van der Waals surface area contributed by atoms with E-state index in [4.69, 9.17) is 9.47 Å². The minimum atomic E-state index is -0.524. The number of hydrogen-bond donors (Lipinski definition) is 0. The van der Waals surface area contributed by atoms with Gasteiger partial charge >= 0.3 is 0 Å². The Morgan fingerprint density at radius 1 is 1.10 bits per heavy atom. The number of amides is 1. The summed E-state index contributed by atoms with van der Waals surface area (Å²) in [6.07, 6.45) is 1.63. The molecule has 2 heterocycles. The van der Waals surface area contributed by atoms with Crippen molar-refractivity contribution >= 4 is 17.4 Å². The minimum absolute atomic E-state index is 0.0254. The van der Waals surface area contributed by atoms with Crippen LogP contribution in [0.15, 0.2) is 42.5 Å². The summed E-state index contributed by atoms with van der Waals surface area (Å²) >= 11 is 0.